The van der Waals surface area contributed by atoms with Crippen molar-refractivity contribution in [1.82, 2.24) is 5.32 Å². The minimum atomic E-state index is -0.167. The van der Waals surface area contributed by atoms with Gasteiger partial charge in [-0.1, -0.05) is 40.2 Å². The Labute approximate surface area is 137 Å². The summed E-state index contributed by atoms with van der Waals surface area (Å²) in [6, 6.07) is 16.5. The first-order valence-corrected chi connectivity index (χ1v) is 7.84. The fourth-order valence-corrected chi connectivity index (χ4v) is 2.96. The zero-order chi connectivity index (χ0) is 15.5. The Morgan fingerprint density at radius 3 is 2.64 bits per heavy atom. The minimum absolute atomic E-state index is 0.0331. The molecule has 1 aliphatic rings. The predicted molar refractivity (Wildman–Crippen MR) is 88.8 cm³/mol. The van der Waals surface area contributed by atoms with Crippen LogP contribution in [0.3, 0.4) is 0 Å². The van der Waals surface area contributed by atoms with Gasteiger partial charge in [0.25, 0.3) is 5.91 Å². The summed E-state index contributed by atoms with van der Waals surface area (Å²) in [6.07, 6.45) is 0.328. The molecule has 1 atom stereocenters. The van der Waals surface area contributed by atoms with E-state index in [0.29, 0.717) is 18.5 Å². The molecular formula is C17H15BrN2O2. The molecule has 1 aliphatic heterocycles. The van der Waals surface area contributed by atoms with Gasteiger partial charge in [-0.25, -0.2) is 0 Å². The number of halogens is 1. The summed E-state index contributed by atoms with van der Waals surface area (Å²) in [5.41, 5.74) is 1.45. The van der Waals surface area contributed by atoms with Crippen LogP contribution in [0.15, 0.2) is 59.1 Å². The maximum Gasteiger partial charge on any atom is 0.251 e. The molecule has 0 radical (unpaired) electrons. The molecule has 0 aromatic heterocycles. The molecule has 1 N–H and O–H groups in total. The lowest BCUT2D eigenvalue weighted by molar-refractivity contribution is -0.117. The Morgan fingerprint density at radius 2 is 1.91 bits per heavy atom. The highest BCUT2D eigenvalue weighted by molar-refractivity contribution is 9.10. The van der Waals surface area contributed by atoms with Gasteiger partial charge in [0.1, 0.15) is 0 Å². The van der Waals surface area contributed by atoms with Gasteiger partial charge in [0.05, 0.1) is 6.04 Å². The van der Waals surface area contributed by atoms with Crippen molar-refractivity contribution in [3.05, 3.63) is 64.6 Å². The standard InChI is InChI=1S/C17H15BrN2O2/c18-13-6-4-5-12(9-13)17(22)19-14-10-16(21)20(11-14)15-7-2-1-3-8-15/h1-9,14H,10-11H2,(H,19,22). The fraction of sp³-hybridized carbons (Fsp3) is 0.176. The molecule has 22 heavy (non-hydrogen) atoms. The lowest BCUT2D eigenvalue weighted by Gasteiger charge is -2.17. The summed E-state index contributed by atoms with van der Waals surface area (Å²) in [5.74, 6) is -0.125. The fourth-order valence-electron chi connectivity index (χ4n) is 2.56. The van der Waals surface area contributed by atoms with Crippen LogP contribution in [-0.2, 0) is 4.79 Å². The smallest absolute Gasteiger partial charge is 0.251 e. The van der Waals surface area contributed by atoms with E-state index >= 15 is 0 Å². The van der Waals surface area contributed by atoms with E-state index in [2.05, 4.69) is 21.2 Å². The van der Waals surface area contributed by atoms with Crippen molar-refractivity contribution in [2.24, 2.45) is 0 Å². The molecular weight excluding hydrogens is 344 g/mol. The van der Waals surface area contributed by atoms with Crippen molar-refractivity contribution in [3.63, 3.8) is 0 Å². The second kappa shape index (κ2) is 6.32. The zero-order valence-electron chi connectivity index (χ0n) is 11.8. The molecule has 1 fully saturated rings. The van der Waals surface area contributed by atoms with E-state index in [-0.39, 0.29) is 17.9 Å². The van der Waals surface area contributed by atoms with Crippen molar-refractivity contribution in [2.45, 2.75) is 12.5 Å². The van der Waals surface area contributed by atoms with Crippen molar-refractivity contribution in [1.29, 1.82) is 0 Å². The van der Waals surface area contributed by atoms with Crippen molar-refractivity contribution >= 4 is 33.4 Å². The molecule has 5 heteroatoms. The number of carbonyl (C=O) groups excluding carboxylic acids is 2. The largest absolute Gasteiger partial charge is 0.347 e. The Bertz CT molecular complexity index is 703. The van der Waals surface area contributed by atoms with Crippen molar-refractivity contribution in [2.75, 3.05) is 11.4 Å². The van der Waals surface area contributed by atoms with Gasteiger partial charge in [-0.2, -0.15) is 0 Å². The van der Waals surface area contributed by atoms with Crippen LogP contribution in [0.5, 0.6) is 0 Å². The van der Waals surface area contributed by atoms with Gasteiger partial charge in [-0.3, -0.25) is 9.59 Å². The van der Waals surface area contributed by atoms with E-state index in [4.69, 9.17) is 0 Å². The SMILES string of the molecule is O=C(NC1CC(=O)N(c2ccccc2)C1)c1cccc(Br)c1. The third kappa shape index (κ3) is 3.20. The van der Waals surface area contributed by atoms with E-state index in [1.807, 2.05) is 42.5 Å². The molecule has 1 heterocycles. The van der Waals surface area contributed by atoms with Gasteiger partial charge in [-0.05, 0) is 30.3 Å². The maximum atomic E-state index is 12.2. The first kappa shape index (κ1) is 14.8. The van der Waals surface area contributed by atoms with E-state index in [1.165, 1.54) is 0 Å². The highest BCUT2D eigenvalue weighted by Gasteiger charge is 2.31. The summed E-state index contributed by atoms with van der Waals surface area (Å²) < 4.78 is 0.855. The van der Waals surface area contributed by atoms with Gasteiger partial charge < -0.3 is 10.2 Å². The van der Waals surface area contributed by atoms with E-state index in [1.54, 1.807) is 17.0 Å². The quantitative estimate of drug-likeness (QED) is 0.916. The number of hydrogen-bond acceptors (Lipinski definition) is 2. The van der Waals surface area contributed by atoms with Gasteiger partial charge >= 0.3 is 0 Å². The van der Waals surface area contributed by atoms with E-state index in [0.717, 1.165) is 10.2 Å². The third-order valence-electron chi connectivity index (χ3n) is 3.61. The van der Waals surface area contributed by atoms with Gasteiger partial charge in [0.2, 0.25) is 5.91 Å². The first-order valence-electron chi connectivity index (χ1n) is 7.05. The van der Waals surface area contributed by atoms with Crippen molar-refractivity contribution < 1.29 is 9.59 Å². The average molecular weight is 359 g/mol. The highest BCUT2D eigenvalue weighted by Crippen LogP contribution is 2.21. The first-order chi connectivity index (χ1) is 10.6. The molecule has 3 rings (SSSR count). The zero-order valence-corrected chi connectivity index (χ0v) is 13.4. The Hall–Kier alpha value is -2.14. The van der Waals surface area contributed by atoms with Crippen LogP contribution in [0.2, 0.25) is 0 Å². The van der Waals surface area contributed by atoms with Crippen LogP contribution >= 0.6 is 15.9 Å². The number of hydrogen-bond donors (Lipinski definition) is 1. The molecule has 0 bridgehead atoms. The van der Waals surface area contributed by atoms with E-state index in [9.17, 15) is 9.59 Å². The molecule has 2 amide bonds. The van der Waals surface area contributed by atoms with Crippen molar-refractivity contribution in [3.8, 4) is 0 Å². The number of nitrogens with one attached hydrogen (secondary N) is 1. The minimum Gasteiger partial charge on any atom is -0.347 e. The number of rotatable bonds is 3. The monoisotopic (exact) mass is 358 g/mol. The molecule has 0 aliphatic carbocycles. The molecule has 2 aromatic carbocycles. The normalized spacial score (nSPS) is 17.6. The number of nitrogens with zero attached hydrogens (tertiary/aromatic N) is 1. The predicted octanol–water partition coefficient (Wildman–Crippen LogP) is 2.98. The maximum absolute atomic E-state index is 12.2. The summed E-state index contributed by atoms with van der Waals surface area (Å²) in [4.78, 5) is 26.1. The second-order valence-corrected chi connectivity index (χ2v) is 6.14. The molecule has 0 saturated carbocycles. The topological polar surface area (TPSA) is 49.4 Å². The van der Waals surface area contributed by atoms with Crippen LogP contribution in [-0.4, -0.2) is 24.4 Å². The molecule has 112 valence electrons. The van der Waals surface area contributed by atoms with Crippen LogP contribution in [0.1, 0.15) is 16.8 Å². The summed E-state index contributed by atoms with van der Waals surface area (Å²) in [5, 5.41) is 2.93. The average Bonchev–Trinajstić information content (AvgIpc) is 2.88. The van der Waals surface area contributed by atoms with Gasteiger partial charge in [0.15, 0.2) is 0 Å². The lowest BCUT2D eigenvalue weighted by atomic mass is 10.2. The van der Waals surface area contributed by atoms with Gasteiger partial charge in [0, 0.05) is 28.7 Å². The molecule has 1 unspecified atom stereocenters. The number of para-hydroxylation sites is 1. The molecule has 1 saturated heterocycles. The molecule has 4 nitrogen and oxygen atoms in total. The van der Waals surface area contributed by atoms with Gasteiger partial charge in [-0.15, -0.1) is 0 Å². The summed E-state index contributed by atoms with van der Waals surface area (Å²) in [6.45, 7) is 0.503. The van der Waals surface area contributed by atoms with Crippen LogP contribution in [0.4, 0.5) is 5.69 Å². The van der Waals surface area contributed by atoms with Crippen LogP contribution in [0, 0.1) is 0 Å². The Morgan fingerprint density at radius 1 is 1.14 bits per heavy atom. The number of anilines is 1. The third-order valence-corrected chi connectivity index (χ3v) is 4.11. The lowest BCUT2D eigenvalue weighted by Crippen LogP contribution is -2.37. The van der Waals surface area contributed by atoms with Crippen LogP contribution < -0.4 is 10.2 Å². The second-order valence-electron chi connectivity index (χ2n) is 5.22. The Balaban J connectivity index is 1.68. The molecule has 2 aromatic rings. The Kier molecular flexibility index (Phi) is 4.24. The summed E-state index contributed by atoms with van der Waals surface area (Å²) in [7, 11) is 0. The molecule has 0 spiro atoms. The number of benzene rings is 2. The van der Waals surface area contributed by atoms with E-state index < -0.39 is 0 Å². The number of carbonyl (C=O) groups is 2. The van der Waals surface area contributed by atoms with Crippen LogP contribution in [0.25, 0.3) is 0 Å². The number of amides is 2. The summed E-state index contributed by atoms with van der Waals surface area (Å²) >= 11 is 3.35. The highest BCUT2D eigenvalue weighted by atomic mass is 79.9.